The molecule has 4 nitrogen and oxygen atoms in total. The van der Waals surface area contributed by atoms with Crippen LogP contribution in [0.5, 0.6) is 0 Å². The monoisotopic (exact) mass is 219 g/mol. The number of fused-ring (bicyclic) bond motifs is 1. The van der Waals surface area contributed by atoms with E-state index >= 15 is 0 Å². The van der Waals surface area contributed by atoms with Gasteiger partial charge in [0.05, 0.1) is 6.54 Å². The van der Waals surface area contributed by atoms with Crippen molar-refractivity contribution in [2.24, 2.45) is 5.84 Å². The van der Waals surface area contributed by atoms with Crippen molar-refractivity contribution in [2.45, 2.75) is 19.4 Å². The molecule has 16 heavy (non-hydrogen) atoms. The molecule has 1 aliphatic rings. The summed E-state index contributed by atoms with van der Waals surface area (Å²) in [5, 5.41) is 0. The summed E-state index contributed by atoms with van der Waals surface area (Å²) in [6, 6.07) is 8.42. The molecule has 0 fully saturated rings. The minimum atomic E-state index is -0.126. The summed E-state index contributed by atoms with van der Waals surface area (Å²) >= 11 is 0. The molecule has 0 aliphatic carbocycles. The lowest BCUT2D eigenvalue weighted by Gasteiger charge is -2.18. The third kappa shape index (κ3) is 2.59. The van der Waals surface area contributed by atoms with E-state index in [-0.39, 0.29) is 5.91 Å². The second-order valence-corrected chi connectivity index (χ2v) is 4.15. The van der Waals surface area contributed by atoms with Crippen molar-refractivity contribution in [1.82, 2.24) is 10.3 Å². The Labute approximate surface area is 95.4 Å². The molecule has 1 aliphatic heterocycles. The van der Waals surface area contributed by atoms with Crippen molar-refractivity contribution in [3.63, 3.8) is 0 Å². The summed E-state index contributed by atoms with van der Waals surface area (Å²) in [6.07, 6.45) is 2.19. The van der Waals surface area contributed by atoms with Gasteiger partial charge in [0.15, 0.2) is 0 Å². The molecule has 86 valence electrons. The number of hydrazine groups is 1. The topological polar surface area (TPSA) is 58.4 Å². The van der Waals surface area contributed by atoms with Gasteiger partial charge in [-0.2, -0.15) is 0 Å². The van der Waals surface area contributed by atoms with E-state index in [1.165, 1.54) is 11.1 Å². The number of hydrogen-bond donors (Lipinski definition) is 2. The predicted molar refractivity (Wildman–Crippen MR) is 62.4 cm³/mol. The van der Waals surface area contributed by atoms with Gasteiger partial charge in [0.2, 0.25) is 5.91 Å². The van der Waals surface area contributed by atoms with E-state index in [2.05, 4.69) is 28.5 Å². The van der Waals surface area contributed by atoms with E-state index < -0.39 is 0 Å². The molecule has 0 spiro atoms. The Kier molecular flexibility index (Phi) is 3.54. The fourth-order valence-electron chi connectivity index (χ4n) is 2.15. The Morgan fingerprint density at radius 3 is 2.88 bits per heavy atom. The first-order chi connectivity index (χ1) is 7.79. The first-order valence-corrected chi connectivity index (χ1v) is 5.58. The maximum Gasteiger partial charge on any atom is 0.248 e. The molecule has 0 saturated heterocycles. The zero-order chi connectivity index (χ0) is 11.4. The van der Waals surface area contributed by atoms with Crippen LogP contribution in [0.4, 0.5) is 0 Å². The number of nitrogens with zero attached hydrogens (tertiary/aromatic N) is 1. The normalized spacial score (nSPS) is 16.3. The van der Waals surface area contributed by atoms with Crippen LogP contribution in [0.2, 0.25) is 0 Å². The van der Waals surface area contributed by atoms with E-state index in [4.69, 9.17) is 5.84 Å². The van der Waals surface area contributed by atoms with E-state index in [9.17, 15) is 4.79 Å². The molecule has 1 aromatic rings. The van der Waals surface area contributed by atoms with Crippen LogP contribution in [0.3, 0.4) is 0 Å². The van der Waals surface area contributed by atoms with Crippen molar-refractivity contribution in [2.75, 3.05) is 13.1 Å². The van der Waals surface area contributed by atoms with E-state index in [0.717, 1.165) is 25.9 Å². The van der Waals surface area contributed by atoms with E-state index in [0.29, 0.717) is 6.54 Å². The van der Waals surface area contributed by atoms with Gasteiger partial charge in [-0.25, -0.2) is 5.84 Å². The summed E-state index contributed by atoms with van der Waals surface area (Å²) < 4.78 is 0. The van der Waals surface area contributed by atoms with Gasteiger partial charge in [-0.3, -0.25) is 15.1 Å². The Bertz CT molecular complexity index is 378. The smallest absolute Gasteiger partial charge is 0.248 e. The number of hydrogen-bond acceptors (Lipinski definition) is 3. The zero-order valence-electron chi connectivity index (χ0n) is 9.28. The largest absolute Gasteiger partial charge is 0.293 e. The van der Waals surface area contributed by atoms with Gasteiger partial charge in [-0.15, -0.1) is 0 Å². The number of aryl methyl sites for hydroxylation is 1. The molecule has 2 rings (SSSR count). The number of benzene rings is 1. The summed E-state index contributed by atoms with van der Waals surface area (Å²) in [4.78, 5) is 13.4. The van der Waals surface area contributed by atoms with Crippen molar-refractivity contribution in [3.8, 4) is 0 Å². The molecule has 1 heterocycles. The van der Waals surface area contributed by atoms with Gasteiger partial charge < -0.3 is 0 Å². The average Bonchev–Trinajstić information content (AvgIpc) is 2.50. The van der Waals surface area contributed by atoms with Crippen molar-refractivity contribution < 1.29 is 4.79 Å². The van der Waals surface area contributed by atoms with Crippen LogP contribution >= 0.6 is 0 Å². The van der Waals surface area contributed by atoms with Gasteiger partial charge in [-0.05, 0) is 30.5 Å². The highest BCUT2D eigenvalue weighted by molar-refractivity contribution is 5.77. The summed E-state index contributed by atoms with van der Waals surface area (Å²) in [5.74, 6) is 4.97. The maximum absolute atomic E-state index is 11.2. The van der Waals surface area contributed by atoms with Crippen LogP contribution in [0.25, 0.3) is 0 Å². The van der Waals surface area contributed by atoms with Gasteiger partial charge in [-0.1, -0.05) is 24.3 Å². The fourth-order valence-corrected chi connectivity index (χ4v) is 2.15. The van der Waals surface area contributed by atoms with Gasteiger partial charge in [0.25, 0.3) is 0 Å². The first kappa shape index (κ1) is 11.1. The Morgan fingerprint density at radius 1 is 1.38 bits per heavy atom. The number of carbonyl (C=O) groups is 1. The number of amides is 1. The first-order valence-electron chi connectivity index (χ1n) is 5.58. The lowest BCUT2D eigenvalue weighted by molar-refractivity contribution is -0.122. The molecule has 0 atom stereocenters. The van der Waals surface area contributed by atoms with Crippen LogP contribution in [0.1, 0.15) is 17.5 Å². The van der Waals surface area contributed by atoms with Crippen molar-refractivity contribution in [1.29, 1.82) is 0 Å². The number of rotatable bonds is 2. The second-order valence-electron chi connectivity index (χ2n) is 4.15. The minimum absolute atomic E-state index is 0.126. The predicted octanol–water partition coefficient (Wildman–Crippen LogP) is 0.425. The number of carbonyl (C=O) groups excluding carboxylic acids is 1. The standard InChI is InChI=1S/C12H17N3O/c13-14-12(16)9-15-7-3-6-10-4-1-2-5-11(10)8-15/h1-2,4-5H,3,6-9,13H2,(H,14,16). The Hall–Kier alpha value is -1.39. The molecule has 0 radical (unpaired) electrons. The van der Waals surface area contributed by atoms with Gasteiger partial charge >= 0.3 is 0 Å². The average molecular weight is 219 g/mol. The highest BCUT2D eigenvalue weighted by Gasteiger charge is 2.15. The van der Waals surface area contributed by atoms with Crippen LogP contribution in [0.15, 0.2) is 24.3 Å². The third-order valence-corrected chi connectivity index (χ3v) is 2.96. The summed E-state index contributed by atoms with van der Waals surface area (Å²) in [6.45, 7) is 2.16. The third-order valence-electron chi connectivity index (χ3n) is 2.96. The van der Waals surface area contributed by atoms with Gasteiger partial charge in [0, 0.05) is 6.54 Å². The molecule has 0 unspecified atom stereocenters. The summed E-state index contributed by atoms with van der Waals surface area (Å²) in [7, 11) is 0. The van der Waals surface area contributed by atoms with E-state index in [1.807, 2.05) is 6.07 Å². The molecule has 4 heteroatoms. The molecular formula is C12H17N3O. The van der Waals surface area contributed by atoms with Crippen molar-refractivity contribution >= 4 is 5.91 Å². The van der Waals surface area contributed by atoms with E-state index in [1.54, 1.807) is 0 Å². The SMILES string of the molecule is NNC(=O)CN1CCCc2ccccc2C1. The lowest BCUT2D eigenvalue weighted by atomic mass is 10.0. The molecule has 1 aromatic carbocycles. The highest BCUT2D eigenvalue weighted by Crippen LogP contribution is 2.17. The Morgan fingerprint density at radius 2 is 2.12 bits per heavy atom. The Balaban J connectivity index is 2.07. The minimum Gasteiger partial charge on any atom is -0.293 e. The van der Waals surface area contributed by atoms with Crippen LogP contribution < -0.4 is 11.3 Å². The molecule has 1 amide bonds. The van der Waals surface area contributed by atoms with Crippen LogP contribution in [-0.4, -0.2) is 23.9 Å². The zero-order valence-corrected chi connectivity index (χ0v) is 9.28. The highest BCUT2D eigenvalue weighted by atomic mass is 16.2. The maximum atomic E-state index is 11.2. The summed E-state index contributed by atoms with van der Waals surface area (Å²) in [5.41, 5.74) is 4.90. The molecule has 3 N–H and O–H groups in total. The number of nitrogens with two attached hydrogens (primary N) is 1. The number of nitrogens with one attached hydrogen (secondary N) is 1. The molecule has 0 aromatic heterocycles. The van der Waals surface area contributed by atoms with Crippen molar-refractivity contribution in [3.05, 3.63) is 35.4 Å². The molecular weight excluding hydrogens is 202 g/mol. The second kappa shape index (κ2) is 5.09. The molecule has 0 bridgehead atoms. The quantitative estimate of drug-likeness (QED) is 0.431. The fraction of sp³-hybridized carbons (Fsp3) is 0.417. The molecule has 0 saturated carbocycles. The van der Waals surface area contributed by atoms with Crippen LogP contribution in [0, 0.1) is 0 Å². The lowest BCUT2D eigenvalue weighted by Crippen LogP contribution is -2.40. The van der Waals surface area contributed by atoms with Crippen LogP contribution in [-0.2, 0) is 17.8 Å². The van der Waals surface area contributed by atoms with Gasteiger partial charge in [0.1, 0.15) is 0 Å².